The molecule has 4 aromatic rings. The zero-order chi connectivity index (χ0) is 24.3. The van der Waals surface area contributed by atoms with Crippen molar-refractivity contribution in [3.8, 4) is 17.1 Å². The fraction of sp³-hybridized carbons (Fsp3) is 0.333. The molecule has 8 nitrogen and oxygen atoms in total. The van der Waals surface area contributed by atoms with E-state index in [1.165, 1.54) is 16.3 Å². The maximum Gasteiger partial charge on any atom is 0.236 e. The molecule has 5 heterocycles. The number of likely N-dealkylation sites (tertiary alicyclic amines) is 1. The lowest BCUT2D eigenvalue weighted by Crippen LogP contribution is -2.51. The van der Waals surface area contributed by atoms with Crippen LogP contribution < -0.4 is 4.90 Å². The van der Waals surface area contributed by atoms with Crippen molar-refractivity contribution in [3.05, 3.63) is 77.8 Å². The van der Waals surface area contributed by atoms with Crippen LogP contribution in [0.1, 0.15) is 17.2 Å². The number of carbonyl (C=O) groups is 1. The molecule has 1 amide bonds. The van der Waals surface area contributed by atoms with Crippen LogP contribution in [-0.4, -0.2) is 81.0 Å². The number of anilines is 1. The minimum atomic E-state index is 0.243. The first-order valence-corrected chi connectivity index (χ1v) is 13.3. The first kappa shape index (κ1) is 22.9. The molecule has 2 aliphatic rings. The van der Waals surface area contributed by atoms with Crippen molar-refractivity contribution >= 4 is 22.9 Å². The van der Waals surface area contributed by atoms with Gasteiger partial charge in [0.05, 0.1) is 18.6 Å². The SMILES string of the molecule is O=C(CN1CC[C@H](c2sccc2-n2ccnc2)C1)N1CCN(c2ccc(-c3ncccn3)cc2)CC1. The topological polar surface area (TPSA) is 70.4 Å². The van der Waals surface area contributed by atoms with E-state index in [1.807, 2.05) is 41.0 Å². The molecule has 1 aromatic carbocycles. The Morgan fingerprint density at radius 3 is 2.53 bits per heavy atom. The summed E-state index contributed by atoms with van der Waals surface area (Å²) in [6.07, 6.45) is 10.3. The highest BCUT2D eigenvalue weighted by molar-refractivity contribution is 7.10. The highest BCUT2D eigenvalue weighted by Gasteiger charge is 2.30. The lowest BCUT2D eigenvalue weighted by Gasteiger charge is -2.36. The molecule has 2 aliphatic heterocycles. The van der Waals surface area contributed by atoms with E-state index in [4.69, 9.17) is 0 Å². The number of aromatic nitrogens is 4. The Morgan fingerprint density at radius 1 is 0.972 bits per heavy atom. The van der Waals surface area contributed by atoms with Crippen molar-refractivity contribution in [2.24, 2.45) is 0 Å². The van der Waals surface area contributed by atoms with Gasteiger partial charge in [-0.15, -0.1) is 11.3 Å². The van der Waals surface area contributed by atoms with Crippen molar-refractivity contribution in [2.45, 2.75) is 12.3 Å². The van der Waals surface area contributed by atoms with Crippen LogP contribution in [0.4, 0.5) is 5.69 Å². The number of imidazole rings is 1. The first-order valence-electron chi connectivity index (χ1n) is 12.4. The maximum atomic E-state index is 13.1. The molecule has 0 spiro atoms. The van der Waals surface area contributed by atoms with Crippen molar-refractivity contribution < 1.29 is 4.79 Å². The third-order valence-electron chi connectivity index (χ3n) is 7.15. The molecule has 6 rings (SSSR count). The van der Waals surface area contributed by atoms with Crippen molar-refractivity contribution in [1.82, 2.24) is 29.3 Å². The minimum Gasteiger partial charge on any atom is -0.368 e. The minimum absolute atomic E-state index is 0.243. The van der Waals surface area contributed by atoms with Gasteiger partial charge >= 0.3 is 0 Å². The van der Waals surface area contributed by atoms with Gasteiger partial charge in [-0.1, -0.05) is 0 Å². The monoisotopic (exact) mass is 499 g/mol. The van der Waals surface area contributed by atoms with E-state index in [9.17, 15) is 4.79 Å². The van der Waals surface area contributed by atoms with Crippen LogP contribution in [0, 0.1) is 0 Å². The number of nitrogens with zero attached hydrogens (tertiary/aromatic N) is 7. The highest BCUT2D eigenvalue weighted by atomic mass is 32.1. The van der Waals surface area contributed by atoms with Gasteiger partial charge in [0.25, 0.3) is 0 Å². The predicted molar refractivity (Wildman–Crippen MR) is 141 cm³/mol. The molecule has 2 saturated heterocycles. The molecule has 184 valence electrons. The van der Waals surface area contributed by atoms with E-state index < -0.39 is 0 Å². The number of hydrogen-bond donors (Lipinski definition) is 0. The van der Waals surface area contributed by atoms with Gasteiger partial charge < -0.3 is 14.4 Å². The fourth-order valence-corrected chi connectivity index (χ4v) is 6.22. The summed E-state index contributed by atoms with van der Waals surface area (Å²) in [7, 11) is 0. The largest absolute Gasteiger partial charge is 0.368 e. The lowest BCUT2D eigenvalue weighted by atomic mass is 10.1. The van der Waals surface area contributed by atoms with Crippen LogP contribution >= 0.6 is 11.3 Å². The normalized spacial score (nSPS) is 18.6. The Labute approximate surface area is 214 Å². The summed E-state index contributed by atoms with van der Waals surface area (Å²) < 4.78 is 2.09. The van der Waals surface area contributed by atoms with E-state index in [1.54, 1.807) is 12.4 Å². The Kier molecular flexibility index (Phi) is 6.48. The molecule has 3 aromatic heterocycles. The van der Waals surface area contributed by atoms with E-state index in [0.29, 0.717) is 12.5 Å². The Balaban J connectivity index is 1.01. The van der Waals surface area contributed by atoms with E-state index in [-0.39, 0.29) is 5.91 Å². The molecule has 2 fully saturated rings. The van der Waals surface area contributed by atoms with Gasteiger partial charge in [-0.05, 0) is 54.7 Å². The number of benzene rings is 1. The van der Waals surface area contributed by atoms with E-state index in [2.05, 4.69) is 65.0 Å². The van der Waals surface area contributed by atoms with Gasteiger partial charge in [0.2, 0.25) is 5.91 Å². The van der Waals surface area contributed by atoms with E-state index in [0.717, 1.165) is 57.1 Å². The molecule has 0 N–H and O–H groups in total. The molecular formula is C27H29N7OS. The van der Waals surface area contributed by atoms with Gasteiger partial charge in [-0.3, -0.25) is 9.69 Å². The number of piperazine rings is 1. The Bertz CT molecular complexity index is 1280. The average molecular weight is 500 g/mol. The zero-order valence-corrected chi connectivity index (χ0v) is 20.9. The predicted octanol–water partition coefficient (Wildman–Crippen LogP) is 3.53. The molecule has 9 heteroatoms. The molecule has 36 heavy (non-hydrogen) atoms. The summed E-state index contributed by atoms with van der Waals surface area (Å²) in [4.78, 5) is 34.0. The number of rotatable bonds is 6. The van der Waals surface area contributed by atoms with Crippen LogP contribution in [-0.2, 0) is 4.79 Å². The van der Waals surface area contributed by atoms with Gasteiger partial charge in [0.1, 0.15) is 0 Å². The summed E-state index contributed by atoms with van der Waals surface area (Å²) in [5.41, 5.74) is 3.40. The van der Waals surface area contributed by atoms with Crippen LogP contribution in [0.3, 0.4) is 0 Å². The van der Waals surface area contributed by atoms with Gasteiger partial charge in [-0.25, -0.2) is 15.0 Å². The van der Waals surface area contributed by atoms with Crippen LogP contribution in [0.2, 0.25) is 0 Å². The molecule has 1 atom stereocenters. The molecular weight excluding hydrogens is 470 g/mol. The maximum absolute atomic E-state index is 13.1. The summed E-state index contributed by atoms with van der Waals surface area (Å²) in [6.45, 7) is 5.62. The first-order chi connectivity index (χ1) is 17.7. The summed E-state index contributed by atoms with van der Waals surface area (Å²) in [5.74, 6) is 1.45. The Hall–Kier alpha value is -3.56. The molecule has 0 radical (unpaired) electrons. The third kappa shape index (κ3) is 4.76. The number of thiophene rings is 1. The molecule has 0 unspecified atom stereocenters. The second kappa shape index (κ2) is 10.2. The third-order valence-corrected chi connectivity index (χ3v) is 8.22. The van der Waals surface area contributed by atoms with Crippen LogP contribution in [0.25, 0.3) is 17.1 Å². The number of amides is 1. The number of hydrogen-bond acceptors (Lipinski definition) is 7. The van der Waals surface area contributed by atoms with Crippen molar-refractivity contribution in [1.29, 1.82) is 0 Å². The summed E-state index contributed by atoms with van der Waals surface area (Å²) in [6, 6.07) is 12.4. The van der Waals surface area contributed by atoms with Gasteiger partial charge in [0, 0.05) is 79.6 Å². The molecule has 0 aliphatic carbocycles. The van der Waals surface area contributed by atoms with Gasteiger partial charge in [-0.2, -0.15) is 0 Å². The Morgan fingerprint density at radius 2 is 1.78 bits per heavy atom. The molecule has 0 saturated carbocycles. The second-order valence-corrected chi connectivity index (χ2v) is 10.3. The van der Waals surface area contributed by atoms with Crippen molar-refractivity contribution in [3.63, 3.8) is 0 Å². The summed E-state index contributed by atoms with van der Waals surface area (Å²) >= 11 is 1.81. The second-order valence-electron chi connectivity index (χ2n) is 9.35. The smallest absolute Gasteiger partial charge is 0.236 e. The van der Waals surface area contributed by atoms with E-state index >= 15 is 0 Å². The van der Waals surface area contributed by atoms with Crippen molar-refractivity contribution in [2.75, 3.05) is 50.7 Å². The molecule has 0 bridgehead atoms. The standard InChI is InChI=1S/C27H29N7OS/c35-25(19-31-11-6-22(18-31)26-24(7-17-36-26)34-12-10-28-20-34)33-15-13-32(14-16-33)23-4-2-21(3-5-23)27-29-8-1-9-30-27/h1-5,7-10,12,17,20,22H,6,11,13-16,18-19H2/t22-/m0/s1. The average Bonchev–Trinajstić information content (AvgIpc) is 3.71. The lowest BCUT2D eigenvalue weighted by molar-refractivity contribution is -0.132. The summed E-state index contributed by atoms with van der Waals surface area (Å²) in [5, 5.41) is 2.15. The van der Waals surface area contributed by atoms with Crippen LogP contribution in [0.5, 0.6) is 0 Å². The van der Waals surface area contributed by atoms with Crippen LogP contribution in [0.15, 0.2) is 72.9 Å². The number of carbonyl (C=O) groups excluding carboxylic acids is 1. The van der Waals surface area contributed by atoms with Gasteiger partial charge in [0.15, 0.2) is 5.82 Å². The highest BCUT2D eigenvalue weighted by Crippen LogP contribution is 2.35. The quantitative estimate of drug-likeness (QED) is 0.404. The zero-order valence-electron chi connectivity index (χ0n) is 20.1. The fourth-order valence-electron chi connectivity index (χ4n) is 5.20.